The Morgan fingerprint density at radius 1 is 1.21 bits per heavy atom. The van der Waals surface area contributed by atoms with Crippen molar-refractivity contribution in [1.29, 1.82) is 0 Å². The summed E-state index contributed by atoms with van der Waals surface area (Å²) in [6, 6.07) is 8.52. The predicted molar refractivity (Wildman–Crippen MR) is 101 cm³/mol. The quantitative estimate of drug-likeness (QED) is 0.733. The highest BCUT2D eigenvalue weighted by Crippen LogP contribution is 2.44. The Morgan fingerprint density at radius 3 is 2.75 bits per heavy atom. The van der Waals surface area contributed by atoms with Crippen LogP contribution in [0, 0.1) is 0 Å². The lowest BCUT2D eigenvalue weighted by atomic mass is 9.96. The molecule has 0 fully saturated rings. The van der Waals surface area contributed by atoms with Crippen LogP contribution in [0.1, 0.15) is 50.4 Å². The molecule has 0 radical (unpaired) electrons. The van der Waals surface area contributed by atoms with E-state index in [2.05, 4.69) is 62.6 Å². The van der Waals surface area contributed by atoms with Crippen molar-refractivity contribution in [3.63, 3.8) is 0 Å². The van der Waals surface area contributed by atoms with Crippen molar-refractivity contribution in [2.75, 3.05) is 0 Å². The molecule has 2 aliphatic rings. The van der Waals surface area contributed by atoms with Crippen molar-refractivity contribution in [1.82, 2.24) is 9.88 Å². The first-order chi connectivity index (χ1) is 11.7. The third-order valence-electron chi connectivity index (χ3n) is 5.32. The zero-order valence-electron chi connectivity index (χ0n) is 14.8. The van der Waals surface area contributed by atoms with Crippen molar-refractivity contribution in [2.24, 2.45) is 0 Å². The normalized spacial score (nSPS) is 16.5. The van der Waals surface area contributed by atoms with Gasteiger partial charge in [0.1, 0.15) is 0 Å². The molecule has 0 unspecified atom stereocenters. The zero-order chi connectivity index (χ0) is 16.8. The van der Waals surface area contributed by atoms with Gasteiger partial charge in [-0.05, 0) is 48.6 Å². The molecule has 0 amide bonds. The average molecular weight is 316 g/mol. The summed E-state index contributed by atoms with van der Waals surface area (Å²) in [4.78, 5) is 7.38. The predicted octanol–water partition coefficient (Wildman–Crippen LogP) is 5.60. The number of para-hydroxylation sites is 1. The maximum Gasteiger partial charge on any atom is 0.0927 e. The Morgan fingerprint density at radius 2 is 2.00 bits per heavy atom. The summed E-state index contributed by atoms with van der Waals surface area (Å²) in [5.74, 6) is 0. The molecule has 0 spiro atoms. The number of allylic oxidation sites excluding steroid dienone is 3. The van der Waals surface area contributed by atoms with Gasteiger partial charge in [0, 0.05) is 16.6 Å². The van der Waals surface area contributed by atoms with Crippen molar-refractivity contribution in [3.05, 3.63) is 70.6 Å². The highest BCUT2D eigenvalue weighted by Gasteiger charge is 2.33. The molecule has 1 aromatic heterocycles. The molecular weight excluding hydrogens is 292 g/mol. The molecule has 0 N–H and O–H groups in total. The SMILES string of the molecule is C=C1C(CCC)=C(C)C=C2c3nc4ccccc4c(CC)c3CN12. The second-order valence-corrected chi connectivity index (χ2v) is 6.76. The van der Waals surface area contributed by atoms with E-state index in [-0.39, 0.29) is 0 Å². The molecule has 2 nitrogen and oxygen atoms in total. The van der Waals surface area contributed by atoms with Crippen LogP contribution in [0.15, 0.2) is 53.8 Å². The first-order valence-corrected chi connectivity index (χ1v) is 8.94. The number of hydrogen-bond donors (Lipinski definition) is 0. The van der Waals surface area contributed by atoms with Gasteiger partial charge in [-0.25, -0.2) is 4.98 Å². The second-order valence-electron chi connectivity index (χ2n) is 6.76. The molecule has 0 aliphatic carbocycles. The number of nitrogens with zero attached hydrogens (tertiary/aromatic N) is 2. The Labute approximate surface area is 144 Å². The van der Waals surface area contributed by atoms with Crippen LogP contribution in [0.3, 0.4) is 0 Å². The first kappa shape index (κ1) is 15.2. The van der Waals surface area contributed by atoms with E-state index in [9.17, 15) is 0 Å². The maximum absolute atomic E-state index is 5.01. The number of benzene rings is 1. The summed E-state index contributed by atoms with van der Waals surface area (Å²) in [7, 11) is 0. The van der Waals surface area contributed by atoms with E-state index in [1.165, 1.54) is 33.4 Å². The monoisotopic (exact) mass is 316 g/mol. The molecule has 0 atom stereocenters. The minimum atomic E-state index is 0.904. The molecule has 2 aromatic rings. The Bertz CT molecular complexity index is 915. The van der Waals surface area contributed by atoms with Crippen LogP contribution in [-0.4, -0.2) is 9.88 Å². The van der Waals surface area contributed by atoms with Crippen LogP contribution in [0.4, 0.5) is 0 Å². The summed E-state index contributed by atoms with van der Waals surface area (Å²) < 4.78 is 0. The van der Waals surface area contributed by atoms with Crippen molar-refractivity contribution in [2.45, 2.75) is 46.6 Å². The number of fused-ring (bicyclic) bond motifs is 4. The molecule has 24 heavy (non-hydrogen) atoms. The molecule has 122 valence electrons. The van der Waals surface area contributed by atoms with E-state index in [4.69, 9.17) is 4.98 Å². The van der Waals surface area contributed by atoms with Gasteiger partial charge >= 0.3 is 0 Å². The third-order valence-corrected chi connectivity index (χ3v) is 5.32. The lowest BCUT2D eigenvalue weighted by molar-refractivity contribution is 0.504. The minimum Gasteiger partial charge on any atom is -0.335 e. The molecular formula is C22H24N2. The summed E-state index contributed by atoms with van der Waals surface area (Å²) in [5, 5.41) is 1.29. The van der Waals surface area contributed by atoms with Crippen molar-refractivity contribution >= 4 is 16.6 Å². The highest BCUT2D eigenvalue weighted by molar-refractivity contribution is 5.88. The number of aryl methyl sites for hydroxylation is 1. The third kappa shape index (κ3) is 2.06. The first-order valence-electron chi connectivity index (χ1n) is 8.94. The largest absolute Gasteiger partial charge is 0.335 e. The molecule has 2 heteroatoms. The van der Waals surface area contributed by atoms with E-state index in [1.807, 2.05) is 0 Å². The van der Waals surface area contributed by atoms with Gasteiger partial charge in [0.25, 0.3) is 0 Å². The Hall–Kier alpha value is -2.35. The standard InChI is InChI=1S/C22H24N2/c1-5-9-17-14(3)12-21-22-19(13-24(21)15(17)4)16(6-2)18-10-7-8-11-20(18)23-22/h7-8,10-12H,4-6,9,13H2,1-3H3. The molecule has 0 saturated carbocycles. The number of pyridine rings is 1. The average Bonchev–Trinajstić information content (AvgIpc) is 2.95. The van der Waals surface area contributed by atoms with Gasteiger partial charge in [0.05, 0.1) is 23.5 Å². The van der Waals surface area contributed by atoms with Crippen molar-refractivity contribution < 1.29 is 0 Å². The van der Waals surface area contributed by atoms with Gasteiger partial charge in [0.2, 0.25) is 0 Å². The van der Waals surface area contributed by atoms with Crippen LogP contribution in [0.25, 0.3) is 16.6 Å². The Kier molecular flexibility index (Phi) is 3.56. The Balaban J connectivity index is 1.94. The van der Waals surface area contributed by atoms with E-state index >= 15 is 0 Å². The summed E-state index contributed by atoms with van der Waals surface area (Å²) >= 11 is 0. The smallest absolute Gasteiger partial charge is 0.0927 e. The van der Waals surface area contributed by atoms with Gasteiger partial charge < -0.3 is 4.90 Å². The summed E-state index contributed by atoms with van der Waals surface area (Å²) in [6.07, 6.45) is 5.59. The lowest BCUT2D eigenvalue weighted by Crippen LogP contribution is -2.20. The van der Waals surface area contributed by atoms with Crippen LogP contribution < -0.4 is 0 Å². The van der Waals surface area contributed by atoms with E-state index in [1.54, 1.807) is 0 Å². The lowest BCUT2D eigenvalue weighted by Gasteiger charge is -2.29. The van der Waals surface area contributed by atoms with Crippen LogP contribution in [0.2, 0.25) is 0 Å². The molecule has 2 aliphatic heterocycles. The molecule has 4 rings (SSSR count). The summed E-state index contributed by atoms with van der Waals surface area (Å²) in [6.45, 7) is 12.0. The van der Waals surface area contributed by atoms with Gasteiger partial charge in [-0.2, -0.15) is 0 Å². The highest BCUT2D eigenvalue weighted by atomic mass is 15.2. The van der Waals surface area contributed by atoms with Gasteiger partial charge in [0.15, 0.2) is 0 Å². The topological polar surface area (TPSA) is 16.1 Å². The van der Waals surface area contributed by atoms with Crippen LogP contribution >= 0.6 is 0 Å². The van der Waals surface area contributed by atoms with Crippen LogP contribution in [0.5, 0.6) is 0 Å². The number of aromatic nitrogens is 1. The fourth-order valence-corrected chi connectivity index (χ4v) is 4.14. The van der Waals surface area contributed by atoms with Gasteiger partial charge in [-0.3, -0.25) is 0 Å². The number of hydrogen-bond acceptors (Lipinski definition) is 2. The molecule has 1 aromatic carbocycles. The minimum absolute atomic E-state index is 0.904. The number of rotatable bonds is 3. The fourth-order valence-electron chi connectivity index (χ4n) is 4.14. The van der Waals surface area contributed by atoms with Gasteiger partial charge in [-0.15, -0.1) is 0 Å². The van der Waals surface area contributed by atoms with Gasteiger partial charge in [-0.1, -0.05) is 45.0 Å². The van der Waals surface area contributed by atoms with E-state index < -0.39 is 0 Å². The molecule has 0 bridgehead atoms. The molecule has 3 heterocycles. The summed E-state index contributed by atoms with van der Waals surface area (Å²) in [5.41, 5.74) is 10.2. The van der Waals surface area contributed by atoms with E-state index in [0.717, 1.165) is 42.7 Å². The maximum atomic E-state index is 5.01. The molecule has 0 saturated heterocycles. The second kappa shape index (κ2) is 5.62. The fraction of sp³-hybridized carbons (Fsp3) is 0.318. The van der Waals surface area contributed by atoms with Crippen LogP contribution in [-0.2, 0) is 13.0 Å². The zero-order valence-corrected chi connectivity index (χ0v) is 14.8. The van der Waals surface area contributed by atoms with Crippen molar-refractivity contribution in [3.8, 4) is 0 Å². The van der Waals surface area contributed by atoms with E-state index in [0.29, 0.717) is 0 Å².